The molecular formula is C60H48N2. The van der Waals surface area contributed by atoms with Crippen molar-refractivity contribution >= 4 is 44.4 Å². The smallest absolute Gasteiger partial charge is 0.0547 e. The molecule has 0 fully saturated rings. The molecule has 62 heavy (non-hydrogen) atoms. The minimum atomic E-state index is -0.0924. The van der Waals surface area contributed by atoms with Crippen molar-refractivity contribution in [2.45, 2.75) is 51.4 Å². The number of hydrogen-bond acceptors (Lipinski definition) is 1. The van der Waals surface area contributed by atoms with Crippen LogP contribution in [0.2, 0.25) is 0 Å². The third-order valence-electron chi connectivity index (χ3n) is 14.3. The summed E-state index contributed by atoms with van der Waals surface area (Å²) >= 11 is 0. The Morgan fingerprint density at radius 2 is 1.15 bits per heavy atom. The van der Waals surface area contributed by atoms with Gasteiger partial charge in [0.1, 0.15) is 0 Å². The molecule has 0 atom stereocenters. The summed E-state index contributed by atoms with van der Waals surface area (Å²) in [5, 5.41) is 2.52. The number of benzene rings is 8. The maximum atomic E-state index is 2.52. The molecule has 0 spiro atoms. The zero-order valence-electron chi connectivity index (χ0n) is 35.8. The van der Waals surface area contributed by atoms with Crippen LogP contribution in [-0.4, -0.2) is 4.57 Å². The first-order valence-electron chi connectivity index (χ1n) is 22.2. The zero-order valence-corrected chi connectivity index (χ0v) is 35.8. The molecule has 3 aliphatic carbocycles. The lowest BCUT2D eigenvalue weighted by atomic mass is 9.80. The largest absolute Gasteiger partial charge is 0.310 e. The molecule has 8 aromatic carbocycles. The lowest BCUT2D eigenvalue weighted by molar-refractivity contribution is 0.651. The summed E-state index contributed by atoms with van der Waals surface area (Å²) in [7, 11) is 0. The fraction of sp³-hybridized carbons (Fsp3) is 0.133. The van der Waals surface area contributed by atoms with Crippen LogP contribution in [0.1, 0.15) is 62.8 Å². The Labute approximate surface area is 364 Å². The van der Waals surface area contributed by atoms with E-state index in [0.29, 0.717) is 0 Å². The Morgan fingerprint density at radius 1 is 0.468 bits per heavy atom. The molecule has 1 heterocycles. The van der Waals surface area contributed by atoms with Crippen molar-refractivity contribution in [1.29, 1.82) is 0 Å². The summed E-state index contributed by atoms with van der Waals surface area (Å²) in [5.41, 5.74) is 23.0. The monoisotopic (exact) mass is 796 g/mol. The van der Waals surface area contributed by atoms with Gasteiger partial charge in [0.15, 0.2) is 0 Å². The first-order valence-corrected chi connectivity index (χ1v) is 22.2. The van der Waals surface area contributed by atoms with Crippen LogP contribution in [-0.2, 0) is 10.8 Å². The molecule has 3 aliphatic rings. The van der Waals surface area contributed by atoms with Gasteiger partial charge in [-0.15, -0.1) is 0 Å². The van der Waals surface area contributed by atoms with Crippen LogP contribution in [0.3, 0.4) is 0 Å². The molecule has 0 saturated carbocycles. The van der Waals surface area contributed by atoms with Gasteiger partial charge in [-0.3, -0.25) is 0 Å². The average Bonchev–Trinajstić information content (AvgIpc) is 3.86. The van der Waals surface area contributed by atoms with E-state index >= 15 is 0 Å². The minimum absolute atomic E-state index is 0.0333. The van der Waals surface area contributed by atoms with Gasteiger partial charge in [0.05, 0.1) is 16.7 Å². The molecule has 1 aromatic heterocycles. The molecule has 2 heteroatoms. The standard InChI is InChI=1S/C60H48N2/c1-59(2)51-27-12-8-22-44(51)50-38-43(33-35-53(50)59)61(55-30-14-11-24-46(55)48-26-17-29-54-58(48)49-25-9-13-28-52(49)60(54,3)4)42-21-16-18-39(36-42)40-32-34-47-45-23-10-15-31-56(45)62(57(47)37-40)41-19-6-5-7-20-41/h5-7,9-21,23-38H,8,22H2,1-4H3. The topological polar surface area (TPSA) is 8.17 Å². The summed E-state index contributed by atoms with van der Waals surface area (Å²) in [4.78, 5) is 2.52. The quantitative estimate of drug-likeness (QED) is 0.163. The van der Waals surface area contributed by atoms with Gasteiger partial charge in [0, 0.05) is 44.2 Å². The van der Waals surface area contributed by atoms with Crippen molar-refractivity contribution in [3.05, 3.63) is 222 Å². The van der Waals surface area contributed by atoms with Gasteiger partial charge in [-0.25, -0.2) is 0 Å². The van der Waals surface area contributed by atoms with Crippen molar-refractivity contribution in [1.82, 2.24) is 4.57 Å². The number of rotatable bonds is 6. The van der Waals surface area contributed by atoms with Crippen LogP contribution in [0.4, 0.5) is 17.1 Å². The molecule has 0 N–H and O–H groups in total. The van der Waals surface area contributed by atoms with Crippen LogP contribution in [0.15, 0.2) is 200 Å². The second-order valence-electron chi connectivity index (χ2n) is 18.4. The summed E-state index contributed by atoms with van der Waals surface area (Å²) < 4.78 is 2.41. The molecule has 2 nitrogen and oxygen atoms in total. The molecule has 0 aliphatic heterocycles. The predicted octanol–water partition coefficient (Wildman–Crippen LogP) is 16.3. The number of allylic oxidation sites excluding steroid dienone is 4. The van der Waals surface area contributed by atoms with Crippen LogP contribution < -0.4 is 4.90 Å². The van der Waals surface area contributed by atoms with Crippen LogP contribution in [0.5, 0.6) is 0 Å². The van der Waals surface area contributed by atoms with E-state index in [0.717, 1.165) is 29.9 Å². The van der Waals surface area contributed by atoms with E-state index in [1.54, 1.807) is 0 Å². The SMILES string of the molecule is CC1(C)C2=C(CCC=C2)c2cc(N(c3cccc(-c4ccc5c6ccccc6n(-c6ccccc6)c5c4)c3)c3ccccc3-c3cccc4c3-c3ccccc3C4(C)C)ccc21. The fourth-order valence-electron chi connectivity index (χ4n) is 11.3. The van der Waals surface area contributed by atoms with E-state index in [2.05, 4.69) is 231 Å². The first kappa shape index (κ1) is 36.7. The number of aromatic nitrogens is 1. The van der Waals surface area contributed by atoms with Crippen molar-refractivity contribution < 1.29 is 0 Å². The van der Waals surface area contributed by atoms with Crippen molar-refractivity contribution in [2.75, 3.05) is 4.90 Å². The summed E-state index contributed by atoms with van der Waals surface area (Å²) in [6.07, 6.45) is 6.90. The van der Waals surface area contributed by atoms with E-state index in [1.807, 2.05) is 0 Å². The van der Waals surface area contributed by atoms with Crippen molar-refractivity contribution in [3.63, 3.8) is 0 Å². The third kappa shape index (κ3) is 5.36. The van der Waals surface area contributed by atoms with Crippen molar-refractivity contribution in [2.24, 2.45) is 0 Å². The van der Waals surface area contributed by atoms with Gasteiger partial charge in [0.2, 0.25) is 0 Å². The van der Waals surface area contributed by atoms with Gasteiger partial charge in [-0.2, -0.15) is 0 Å². The molecule has 0 unspecified atom stereocenters. The Bertz CT molecular complexity index is 3350. The highest BCUT2D eigenvalue weighted by Gasteiger charge is 2.39. The molecule has 0 radical (unpaired) electrons. The second kappa shape index (κ2) is 13.7. The minimum Gasteiger partial charge on any atom is -0.310 e. The van der Waals surface area contributed by atoms with E-state index in [9.17, 15) is 0 Å². The van der Waals surface area contributed by atoms with Gasteiger partial charge < -0.3 is 9.47 Å². The average molecular weight is 797 g/mol. The molecule has 0 amide bonds. The van der Waals surface area contributed by atoms with Gasteiger partial charge in [-0.05, 0) is 129 Å². The van der Waals surface area contributed by atoms with E-state index in [4.69, 9.17) is 0 Å². The number of para-hydroxylation sites is 3. The van der Waals surface area contributed by atoms with E-state index in [-0.39, 0.29) is 10.8 Å². The van der Waals surface area contributed by atoms with Crippen LogP contribution in [0, 0.1) is 0 Å². The highest BCUT2D eigenvalue weighted by molar-refractivity contribution is 6.10. The lowest BCUT2D eigenvalue weighted by Crippen LogP contribution is -2.17. The molecule has 9 aromatic rings. The van der Waals surface area contributed by atoms with Gasteiger partial charge in [0.25, 0.3) is 0 Å². The zero-order chi connectivity index (χ0) is 41.7. The summed E-state index contributed by atoms with van der Waals surface area (Å²) in [6.45, 7) is 9.53. The first-order chi connectivity index (χ1) is 30.3. The van der Waals surface area contributed by atoms with Gasteiger partial charge in [-0.1, -0.05) is 167 Å². The number of hydrogen-bond donors (Lipinski definition) is 0. The molecule has 298 valence electrons. The van der Waals surface area contributed by atoms with Crippen LogP contribution >= 0.6 is 0 Å². The van der Waals surface area contributed by atoms with Crippen molar-refractivity contribution in [3.8, 4) is 39.1 Å². The lowest BCUT2D eigenvalue weighted by Gasteiger charge is -2.30. The van der Waals surface area contributed by atoms with Crippen LogP contribution in [0.25, 0.3) is 66.4 Å². The Morgan fingerprint density at radius 3 is 2.03 bits per heavy atom. The number of nitrogens with zero attached hydrogens (tertiary/aromatic N) is 2. The Hall–Kier alpha value is -7.16. The highest BCUT2D eigenvalue weighted by atomic mass is 15.1. The maximum absolute atomic E-state index is 2.52. The normalized spacial score (nSPS) is 15.4. The molecule has 0 saturated heterocycles. The summed E-state index contributed by atoms with van der Waals surface area (Å²) in [6, 6.07) is 68.0. The number of anilines is 3. The summed E-state index contributed by atoms with van der Waals surface area (Å²) in [5.74, 6) is 0. The van der Waals surface area contributed by atoms with Gasteiger partial charge >= 0.3 is 0 Å². The molecule has 0 bridgehead atoms. The molecule has 12 rings (SSSR count). The highest BCUT2D eigenvalue weighted by Crippen LogP contribution is 2.55. The second-order valence-corrected chi connectivity index (χ2v) is 18.4. The molecular weight excluding hydrogens is 749 g/mol. The predicted molar refractivity (Wildman–Crippen MR) is 262 cm³/mol. The fourth-order valence-corrected chi connectivity index (χ4v) is 11.3. The third-order valence-corrected chi connectivity index (χ3v) is 14.3. The Balaban J connectivity index is 1.07. The number of fused-ring (bicyclic) bond motifs is 8. The van der Waals surface area contributed by atoms with E-state index < -0.39 is 0 Å². The Kier molecular flexibility index (Phi) is 8.09. The van der Waals surface area contributed by atoms with E-state index in [1.165, 1.54) is 94.3 Å². The maximum Gasteiger partial charge on any atom is 0.0547 e.